The number of methoxy groups -OCH3 is 1. The molecule has 0 atom stereocenters. The number of imidazole rings is 4. The Hall–Kier alpha value is -10.8. The third-order valence-electron chi connectivity index (χ3n) is 17.1. The van der Waals surface area contributed by atoms with Crippen LogP contribution < -0.4 is 4.74 Å². The van der Waals surface area contributed by atoms with Gasteiger partial charge in [0.05, 0.1) is 57.8 Å². The van der Waals surface area contributed by atoms with Gasteiger partial charge in [-0.25, -0.2) is 19.9 Å². The van der Waals surface area contributed by atoms with Gasteiger partial charge in [-0.05, 0) is 124 Å². The third kappa shape index (κ3) is 16.6. The van der Waals surface area contributed by atoms with Crippen LogP contribution in [0.25, 0.3) is 128 Å². The van der Waals surface area contributed by atoms with E-state index in [1.165, 1.54) is 23.3 Å². The molecule has 4 radical (unpaired) electrons. The molecule has 0 unspecified atom stereocenters. The molecule has 0 amide bonds. The largest absolute Gasteiger partial charge is 0.540 e. The fourth-order valence-corrected chi connectivity index (χ4v) is 12.5. The van der Waals surface area contributed by atoms with Crippen molar-refractivity contribution in [2.75, 3.05) is 7.11 Å². The van der Waals surface area contributed by atoms with Crippen molar-refractivity contribution in [2.45, 2.75) is 41.5 Å². The predicted octanol–water partition coefficient (Wildman–Crippen LogP) is 19.2. The molecule has 0 spiro atoms. The molecule has 15 nitrogen and oxygen atoms in total. The SMILES string of the molecule is COc1c[c-]c(-c2cc3nc(C)n(-c4ccccc4)c3cn2)cc1.Cc1cccc(C)c1-c1ncc[c-]c1-c1cc2nc(C)n(-c3ccccc3)c2cn1.Cc1nc2cc(-c3[c-]cc(F)cc3)ncc2n1-c1ccccc1.[C-]#[N+]c1cc[c-]c(-c2cc3nc(C)n(-c4ccccc4)c3cn2)c1.[Ir].[Ir].[Ir].[Ir]. The van der Waals surface area contributed by atoms with Crippen molar-refractivity contribution in [1.82, 2.24) is 63.1 Å². The summed E-state index contributed by atoms with van der Waals surface area (Å²) in [7, 11) is 1.64. The molecular formula is C85H63FIr4N14O-4. The van der Waals surface area contributed by atoms with Gasteiger partial charge < -0.3 is 29.7 Å². The van der Waals surface area contributed by atoms with Crippen molar-refractivity contribution < 1.29 is 89.5 Å². The van der Waals surface area contributed by atoms with E-state index in [9.17, 15) is 4.39 Å². The Kier molecular flexibility index (Phi) is 25.4. The molecule has 9 heterocycles. The molecule has 105 heavy (non-hydrogen) atoms. The standard InChI is InChI=1S/C26H21N4.C20H13N4.C20H16N3O.C19H13FN3.4Ir/c1-17-9-7-10-18(2)25(17)26-21(13-8-14-27-26)22-15-23-24(16-28-22)30(19(3)29-23)20-11-5-4-6-12-20;1-14-23-19-12-18(15-7-6-8-16(11-15)21-2)22-13-20(19)24(14)17-9-4-3-5-10-17;1-14-22-19-12-18(15-8-10-17(24-2)11-9-15)21-13-20(19)23(14)16-6-4-3-5-7-16;1-13-22-18-11-17(14-7-9-15(20)10-8-14)21-12-19(18)23(13)16-5-3-2-4-6-16;;;;/h4-12,14-16H,1-3H3;3-6,8-13H,1H3;3-8,10-13H,1-2H3;2-7,9-12H,1H3;;;;/q4*-1;;;;. The molecule has 17 aromatic rings. The first-order valence-corrected chi connectivity index (χ1v) is 32.6. The number of pyridine rings is 5. The minimum atomic E-state index is -0.306. The summed E-state index contributed by atoms with van der Waals surface area (Å²) in [6.07, 6.45) is 9.19. The fraction of sp³-hybridized carbons (Fsp3) is 0.0824. The van der Waals surface area contributed by atoms with E-state index in [1.54, 1.807) is 43.8 Å². The molecule has 0 aliphatic carbocycles. The van der Waals surface area contributed by atoms with E-state index >= 15 is 0 Å². The van der Waals surface area contributed by atoms with Gasteiger partial charge >= 0.3 is 0 Å². The smallest absolute Gasteiger partial charge is 0.111 e. The van der Waals surface area contributed by atoms with E-state index in [4.69, 9.17) is 31.2 Å². The van der Waals surface area contributed by atoms with E-state index in [0.717, 1.165) is 152 Å². The van der Waals surface area contributed by atoms with Crippen molar-refractivity contribution in [1.29, 1.82) is 0 Å². The van der Waals surface area contributed by atoms with Crippen molar-refractivity contribution in [2.24, 2.45) is 0 Å². The number of halogens is 1. The molecule has 0 N–H and O–H groups in total. The number of aryl methyl sites for hydroxylation is 6. The fourth-order valence-electron chi connectivity index (χ4n) is 12.5. The summed E-state index contributed by atoms with van der Waals surface area (Å²) in [5, 5.41) is 0. The van der Waals surface area contributed by atoms with Crippen LogP contribution in [0.5, 0.6) is 5.75 Å². The average Bonchev–Trinajstić information content (AvgIpc) is 1.60. The molecule has 0 fully saturated rings. The van der Waals surface area contributed by atoms with Crippen LogP contribution in [0.3, 0.4) is 0 Å². The van der Waals surface area contributed by atoms with E-state index in [0.29, 0.717) is 5.69 Å². The number of aromatic nitrogens is 13. The van der Waals surface area contributed by atoms with Crippen LogP contribution in [-0.4, -0.2) is 70.2 Å². The Balaban J connectivity index is 0.000000149. The summed E-state index contributed by atoms with van der Waals surface area (Å²) < 4.78 is 26.6. The van der Waals surface area contributed by atoms with E-state index in [1.807, 2.05) is 180 Å². The number of hydrogen-bond donors (Lipinski definition) is 0. The number of fused-ring (bicyclic) bond motifs is 4. The zero-order chi connectivity index (χ0) is 69.5. The van der Waals surface area contributed by atoms with Gasteiger partial charge in [0.1, 0.15) is 29.0 Å². The summed E-state index contributed by atoms with van der Waals surface area (Å²) in [5.41, 5.74) is 23.3. The predicted molar refractivity (Wildman–Crippen MR) is 397 cm³/mol. The summed E-state index contributed by atoms with van der Waals surface area (Å²) >= 11 is 0. The van der Waals surface area contributed by atoms with Crippen molar-refractivity contribution in [3.05, 3.63) is 331 Å². The average molecular weight is 2080 g/mol. The molecule has 9 aromatic heterocycles. The summed E-state index contributed by atoms with van der Waals surface area (Å²) in [5.74, 6) is 4.15. The third-order valence-corrected chi connectivity index (χ3v) is 17.1. The Morgan fingerprint density at radius 3 is 1.16 bits per heavy atom. The summed E-state index contributed by atoms with van der Waals surface area (Å²) in [4.78, 5) is 45.4. The van der Waals surface area contributed by atoms with E-state index < -0.39 is 0 Å². The molecule has 8 aromatic carbocycles. The quantitative estimate of drug-likeness (QED) is 0.121. The zero-order valence-corrected chi connectivity index (χ0v) is 67.2. The maximum Gasteiger partial charge on any atom is 0.111 e. The molecule has 0 saturated carbocycles. The van der Waals surface area contributed by atoms with Gasteiger partial charge in [0, 0.05) is 140 Å². The maximum atomic E-state index is 13.0. The minimum absolute atomic E-state index is 0. The van der Waals surface area contributed by atoms with Crippen molar-refractivity contribution in [3.63, 3.8) is 0 Å². The zero-order valence-electron chi connectivity index (χ0n) is 57.6. The maximum absolute atomic E-state index is 13.0. The van der Waals surface area contributed by atoms with E-state index in [2.05, 4.69) is 141 Å². The second-order valence-corrected chi connectivity index (χ2v) is 23.8. The number of rotatable bonds is 10. The number of benzene rings is 8. The van der Waals surface area contributed by atoms with Crippen LogP contribution in [0.2, 0.25) is 0 Å². The van der Waals surface area contributed by atoms with Crippen LogP contribution in [0, 0.1) is 78.2 Å². The van der Waals surface area contributed by atoms with Crippen LogP contribution >= 0.6 is 0 Å². The van der Waals surface area contributed by atoms with Gasteiger partial charge in [-0.3, -0.25) is 27.5 Å². The van der Waals surface area contributed by atoms with Crippen LogP contribution in [0.1, 0.15) is 34.4 Å². The van der Waals surface area contributed by atoms with Gasteiger partial charge in [-0.1, -0.05) is 138 Å². The molecular weight excluding hydrogens is 2020 g/mol. The molecule has 0 aliphatic heterocycles. The number of para-hydroxylation sites is 4. The minimum Gasteiger partial charge on any atom is -0.540 e. The van der Waals surface area contributed by atoms with Gasteiger partial charge in [0.2, 0.25) is 0 Å². The first-order chi connectivity index (χ1) is 49.4. The van der Waals surface area contributed by atoms with Crippen LogP contribution in [-0.2, 0) is 80.4 Å². The normalized spacial score (nSPS) is 10.5. The number of ether oxygens (including phenoxy) is 1. The van der Waals surface area contributed by atoms with Crippen LogP contribution in [0.4, 0.5) is 10.1 Å². The molecule has 526 valence electrons. The van der Waals surface area contributed by atoms with Gasteiger partial charge in [0.25, 0.3) is 0 Å². The Morgan fingerprint density at radius 1 is 0.390 bits per heavy atom. The Bertz CT molecular complexity index is 5850. The molecule has 17 rings (SSSR count). The second-order valence-electron chi connectivity index (χ2n) is 23.8. The van der Waals surface area contributed by atoms with Gasteiger partial charge in [-0.2, -0.15) is 6.07 Å². The monoisotopic (exact) mass is 2090 g/mol. The number of nitrogens with zero attached hydrogens (tertiary/aromatic N) is 14. The van der Waals surface area contributed by atoms with E-state index in [-0.39, 0.29) is 86.2 Å². The molecule has 0 saturated heterocycles. The first-order valence-electron chi connectivity index (χ1n) is 32.6. The second kappa shape index (κ2) is 34.7. The molecule has 20 heteroatoms. The summed E-state index contributed by atoms with van der Waals surface area (Å²) in [6, 6.07) is 84.6. The molecule has 0 bridgehead atoms. The Labute approximate surface area is 661 Å². The molecule has 0 aliphatic rings. The van der Waals surface area contributed by atoms with Crippen molar-refractivity contribution >= 4 is 49.8 Å². The van der Waals surface area contributed by atoms with Crippen LogP contribution in [0.15, 0.2) is 255 Å². The number of hydrogen-bond acceptors (Lipinski definition) is 10. The summed E-state index contributed by atoms with van der Waals surface area (Å²) in [6.45, 7) is 19.3. The Morgan fingerprint density at radius 2 is 0.781 bits per heavy atom. The topological polar surface area (TPSA) is 149 Å². The first kappa shape index (κ1) is 76.8. The van der Waals surface area contributed by atoms with Gasteiger partial charge in [-0.15, -0.1) is 95.6 Å². The van der Waals surface area contributed by atoms with Gasteiger partial charge in [0.15, 0.2) is 0 Å². The van der Waals surface area contributed by atoms with Crippen molar-refractivity contribution in [3.8, 4) is 84.8 Å².